The maximum Gasteiger partial charge on any atom is 0.118 e. The molecule has 0 spiro atoms. The predicted octanol–water partition coefficient (Wildman–Crippen LogP) is 2.71. The van der Waals surface area contributed by atoms with Gasteiger partial charge in [-0.25, -0.2) is 0 Å². The average Bonchev–Trinajstić information content (AvgIpc) is 2.18. The molecular weight excluding hydrogens is 174 g/mol. The molecule has 2 nitrogen and oxygen atoms in total. The van der Waals surface area contributed by atoms with Gasteiger partial charge in [-0.15, -0.1) is 0 Å². The van der Waals surface area contributed by atoms with E-state index >= 15 is 0 Å². The molecule has 0 saturated carbocycles. The van der Waals surface area contributed by atoms with Crippen molar-refractivity contribution in [3.63, 3.8) is 0 Å². The molecule has 1 rings (SSSR count). The van der Waals surface area contributed by atoms with E-state index in [-0.39, 0.29) is 0 Å². The van der Waals surface area contributed by atoms with E-state index < -0.39 is 0 Å². The SMILES string of the molecule is COc1ccc(CNC=C(C)C)cc1. The van der Waals surface area contributed by atoms with Crippen molar-refractivity contribution in [1.82, 2.24) is 5.32 Å². The quantitative estimate of drug-likeness (QED) is 0.790. The molecule has 76 valence electrons. The molecule has 0 heterocycles. The topological polar surface area (TPSA) is 21.3 Å². The Labute approximate surface area is 85.6 Å². The number of hydrogen-bond acceptors (Lipinski definition) is 2. The number of hydrogen-bond donors (Lipinski definition) is 1. The summed E-state index contributed by atoms with van der Waals surface area (Å²) < 4.78 is 5.08. The number of allylic oxidation sites excluding steroid dienone is 1. The first-order valence-electron chi connectivity index (χ1n) is 4.72. The lowest BCUT2D eigenvalue weighted by atomic mass is 10.2. The number of nitrogens with one attached hydrogen (secondary N) is 1. The zero-order valence-electron chi connectivity index (χ0n) is 9.00. The monoisotopic (exact) mass is 191 g/mol. The number of benzene rings is 1. The molecule has 0 aliphatic carbocycles. The molecule has 2 heteroatoms. The molecular formula is C12H17NO. The summed E-state index contributed by atoms with van der Waals surface area (Å²) in [6.07, 6.45) is 2.02. The van der Waals surface area contributed by atoms with Gasteiger partial charge in [0.05, 0.1) is 7.11 Å². The molecule has 0 radical (unpaired) electrons. The van der Waals surface area contributed by atoms with Gasteiger partial charge in [-0.1, -0.05) is 17.7 Å². The van der Waals surface area contributed by atoms with Gasteiger partial charge in [0.25, 0.3) is 0 Å². The zero-order valence-corrected chi connectivity index (χ0v) is 9.00. The van der Waals surface area contributed by atoms with Gasteiger partial charge in [0, 0.05) is 6.54 Å². The van der Waals surface area contributed by atoms with E-state index in [0.717, 1.165) is 12.3 Å². The Morgan fingerprint density at radius 2 is 1.93 bits per heavy atom. The maximum atomic E-state index is 5.08. The maximum absolute atomic E-state index is 5.08. The fourth-order valence-corrected chi connectivity index (χ4v) is 1.12. The molecule has 1 aromatic rings. The van der Waals surface area contributed by atoms with E-state index in [0.29, 0.717) is 0 Å². The molecule has 0 aliphatic heterocycles. The summed E-state index contributed by atoms with van der Waals surface area (Å²) >= 11 is 0. The minimum Gasteiger partial charge on any atom is -0.497 e. The van der Waals surface area contributed by atoms with Crippen LogP contribution in [-0.2, 0) is 6.54 Å². The number of rotatable bonds is 4. The van der Waals surface area contributed by atoms with Crippen LogP contribution < -0.4 is 10.1 Å². The third kappa shape index (κ3) is 3.52. The summed E-state index contributed by atoms with van der Waals surface area (Å²) in [5, 5.41) is 3.24. The van der Waals surface area contributed by atoms with Gasteiger partial charge in [0.15, 0.2) is 0 Å². The van der Waals surface area contributed by atoms with Gasteiger partial charge < -0.3 is 10.1 Å². The third-order valence-corrected chi connectivity index (χ3v) is 1.86. The average molecular weight is 191 g/mol. The Balaban J connectivity index is 2.48. The Bertz CT molecular complexity index is 297. The lowest BCUT2D eigenvalue weighted by molar-refractivity contribution is 0.414. The molecule has 0 amide bonds. The molecule has 1 N–H and O–H groups in total. The number of ether oxygens (including phenoxy) is 1. The molecule has 0 saturated heterocycles. The van der Waals surface area contributed by atoms with Crippen LogP contribution in [0.2, 0.25) is 0 Å². The van der Waals surface area contributed by atoms with Crippen molar-refractivity contribution in [2.75, 3.05) is 7.11 Å². The third-order valence-electron chi connectivity index (χ3n) is 1.86. The first kappa shape index (κ1) is 10.6. The fraction of sp³-hybridized carbons (Fsp3) is 0.333. The highest BCUT2D eigenvalue weighted by Crippen LogP contribution is 2.10. The highest BCUT2D eigenvalue weighted by Gasteiger charge is 1.92. The second kappa shape index (κ2) is 5.32. The van der Waals surface area contributed by atoms with Crippen LogP contribution in [-0.4, -0.2) is 7.11 Å². The summed E-state index contributed by atoms with van der Waals surface area (Å²) in [5.41, 5.74) is 2.53. The van der Waals surface area contributed by atoms with Gasteiger partial charge in [0.2, 0.25) is 0 Å². The molecule has 0 bridgehead atoms. The van der Waals surface area contributed by atoms with Crippen LogP contribution in [0.25, 0.3) is 0 Å². The van der Waals surface area contributed by atoms with Crippen LogP contribution in [0.15, 0.2) is 36.0 Å². The summed E-state index contributed by atoms with van der Waals surface area (Å²) in [6.45, 7) is 5.00. The van der Waals surface area contributed by atoms with E-state index in [1.807, 2.05) is 18.3 Å². The Kier molecular flexibility index (Phi) is 4.05. The lowest BCUT2D eigenvalue weighted by Crippen LogP contribution is -2.04. The van der Waals surface area contributed by atoms with Gasteiger partial charge in [-0.2, -0.15) is 0 Å². The summed E-state index contributed by atoms with van der Waals surface area (Å²) in [5.74, 6) is 0.899. The van der Waals surface area contributed by atoms with Crippen LogP contribution in [0.5, 0.6) is 5.75 Å². The minimum absolute atomic E-state index is 0.856. The largest absolute Gasteiger partial charge is 0.497 e. The van der Waals surface area contributed by atoms with Crippen LogP contribution >= 0.6 is 0 Å². The second-order valence-corrected chi connectivity index (χ2v) is 3.45. The van der Waals surface area contributed by atoms with E-state index in [2.05, 4.69) is 31.3 Å². The number of methoxy groups -OCH3 is 1. The Morgan fingerprint density at radius 1 is 1.29 bits per heavy atom. The summed E-state index contributed by atoms with van der Waals surface area (Å²) in [7, 11) is 1.68. The Hall–Kier alpha value is -1.44. The van der Waals surface area contributed by atoms with Gasteiger partial charge in [-0.3, -0.25) is 0 Å². The molecule has 0 aliphatic rings. The van der Waals surface area contributed by atoms with Crippen molar-refractivity contribution in [3.05, 3.63) is 41.6 Å². The highest BCUT2D eigenvalue weighted by molar-refractivity contribution is 5.27. The summed E-state index contributed by atoms with van der Waals surface area (Å²) in [4.78, 5) is 0. The molecule has 0 atom stereocenters. The van der Waals surface area contributed by atoms with Crippen molar-refractivity contribution >= 4 is 0 Å². The minimum atomic E-state index is 0.856. The van der Waals surface area contributed by atoms with Crippen molar-refractivity contribution in [1.29, 1.82) is 0 Å². The van der Waals surface area contributed by atoms with Crippen molar-refractivity contribution in [2.45, 2.75) is 20.4 Å². The van der Waals surface area contributed by atoms with Crippen molar-refractivity contribution < 1.29 is 4.74 Å². The molecule has 0 fully saturated rings. The van der Waals surface area contributed by atoms with E-state index in [9.17, 15) is 0 Å². The fourth-order valence-electron chi connectivity index (χ4n) is 1.12. The highest BCUT2D eigenvalue weighted by atomic mass is 16.5. The van der Waals surface area contributed by atoms with Crippen LogP contribution in [0.3, 0.4) is 0 Å². The van der Waals surface area contributed by atoms with Crippen LogP contribution in [0.4, 0.5) is 0 Å². The van der Waals surface area contributed by atoms with Crippen molar-refractivity contribution in [2.24, 2.45) is 0 Å². The molecule has 0 aromatic heterocycles. The van der Waals surface area contributed by atoms with E-state index in [1.54, 1.807) is 7.11 Å². The standard InChI is InChI=1S/C12H17NO/c1-10(2)8-13-9-11-4-6-12(14-3)7-5-11/h4-8,13H,9H2,1-3H3. The first-order valence-corrected chi connectivity index (χ1v) is 4.72. The van der Waals surface area contributed by atoms with E-state index in [4.69, 9.17) is 4.74 Å². The van der Waals surface area contributed by atoms with Crippen LogP contribution in [0, 0.1) is 0 Å². The predicted molar refractivity (Wildman–Crippen MR) is 59.3 cm³/mol. The van der Waals surface area contributed by atoms with Gasteiger partial charge in [-0.05, 0) is 37.7 Å². The normalized spacial score (nSPS) is 9.36. The van der Waals surface area contributed by atoms with Crippen molar-refractivity contribution in [3.8, 4) is 5.75 Å². The Morgan fingerprint density at radius 3 is 2.43 bits per heavy atom. The smallest absolute Gasteiger partial charge is 0.118 e. The van der Waals surface area contributed by atoms with Crippen LogP contribution in [0.1, 0.15) is 19.4 Å². The zero-order chi connectivity index (χ0) is 10.4. The molecule has 1 aromatic carbocycles. The van der Waals surface area contributed by atoms with Gasteiger partial charge in [0.1, 0.15) is 5.75 Å². The lowest BCUT2D eigenvalue weighted by Gasteiger charge is -2.03. The second-order valence-electron chi connectivity index (χ2n) is 3.45. The summed E-state index contributed by atoms with van der Waals surface area (Å²) in [6, 6.07) is 8.06. The molecule has 14 heavy (non-hydrogen) atoms. The van der Waals surface area contributed by atoms with E-state index in [1.165, 1.54) is 11.1 Å². The molecule has 0 unspecified atom stereocenters. The van der Waals surface area contributed by atoms with Gasteiger partial charge >= 0.3 is 0 Å². The first-order chi connectivity index (χ1) is 6.72.